The molecule has 0 aliphatic heterocycles. The Morgan fingerprint density at radius 2 is 1.68 bits per heavy atom. The smallest absolute Gasteiger partial charge is 0.252 e. The van der Waals surface area contributed by atoms with Gasteiger partial charge in [-0.25, -0.2) is 4.21 Å². The molecule has 1 unspecified atom stereocenters. The molecule has 0 aliphatic carbocycles. The lowest BCUT2D eigenvalue weighted by atomic mass is 10.2. The fourth-order valence-corrected chi connectivity index (χ4v) is 2.22. The van der Waals surface area contributed by atoms with Gasteiger partial charge in [0, 0.05) is 6.54 Å². The van der Waals surface area contributed by atoms with Crippen molar-refractivity contribution in [1.82, 2.24) is 5.32 Å². The van der Waals surface area contributed by atoms with Gasteiger partial charge in [0.05, 0.1) is 10.5 Å². The predicted molar refractivity (Wildman–Crippen MR) is 73.1 cm³/mol. The molecule has 0 spiro atoms. The van der Waals surface area contributed by atoms with Crippen molar-refractivity contribution in [1.29, 1.82) is 0 Å². The van der Waals surface area contributed by atoms with Crippen LogP contribution in [-0.4, -0.2) is 14.7 Å². The number of carbonyl (C=O) groups excluding carboxylic acids is 1. The molecule has 5 heteroatoms. The van der Waals surface area contributed by atoms with Crippen LogP contribution in [0.15, 0.2) is 59.5 Å². The van der Waals surface area contributed by atoms with E-state index in [4.69, 9.17) is 4.55 Å². The first-order valence-electron chi connectivity index (χ1n) is 5.70. The molecule has 2 aromatic carbocycles. The highest BCUT2D eigenvalue weighted by molar-refractivity contribution is 7.79. The minimum Gasteiger partial charge on any atom is -0.348 e. The third-order valence-corrected chi connectivity index (χ3v) is 3.35. The van der Waals surface area contributed by atoms with Crippen LogP contribution in [0.25, 0.3) is 0 Å². The number of carbonyl (C=O) groups is 1. The van der Waals surface area contributed by atoms with E-state index >= 15 is 0 Å². The Labute approximate surface area is 113 Å². The largest absolute Gasteiger partial charge is 0.348 e. The maximum absolute atomic E-state index is 12.0. The van der Waals surface area contributed by atoms with Gasteiger partial charge in [0.15, 0.2) is 11.1 Å². The van der Waals surface area contributed by atoms with Crippen molar-refractivity contribution in [2.75, 3.05) is 0 Å². The van der Waals surface area contributed by atoms with E-state index in [1.807, 2.05) is 30.3 Å². The predicted octanol–water partition coefficient (Wildman–Crippen LogP) is 2.20. The maximum Gasteiger partial charge on any atom is 0.252 e. The van der Waals surface area contributed by atoms with Crippen molar-refractivity contribution in [2.45, 2.75) is 11.4 Å². The van der Waals surface area contributed by atoms with E-state index in [0.29, 0.717) is 6.54 Å². The molecule has 0 aliphatic rings. The summed E-state index contributed by atoms with van der Waals surface area (Å²) in [5.41, 5.74) is 1.19. The highest BCUT2D eigenvalue weighted by atomic mass is 32.2. The lowest BCUT2D eigenvalue weighted by Gasteiger charge is -2.07. The molecule has 2 rings (SSSR count). The molecular formula is C14H13NO3S. The molecule has 1 atom stereocenters. The third-order valence-electron chi connectivity index (χ3n) is 2.62. The molecule has 0 radical (unpaired) electrons. The van der Waals surface area contributed by atoms with Crippen molar-refractivity contribution in [3.8, 4) is 0 Å². The maximum atomic E-state index is 12.0. The zero-order valence-corrected chi connectivity index (χ0v) is 10.9. The Morgan fingerprint density at radius 1 is 1.05 bits per heavy atom. The molecule has 0 saturated heterocycles. The van der Waals surface area contributed by atoms with Gasteiger partial charge in [-0.1, -0.05) is 42.5 Å². The number of hydrogen-bond acceptors (Lipinski definition) is 2. The lowest BCUT2D eigenvalue weighted by Crippen LogP contribution is -2.24. The molecule has 0 saturated carbocycles. The van der Waals surface area contributed by atoms with Gasteiger partial charge in [-0.3, -0.25) is 4.79 Å². The number of rotatable bonds is 4. The zero-order chi connectivity index (χ0) is 13.7. The number of nitrogens with one attached hydrogen (secondary N) is 1. The Hall–Kier alpha value is -1.98. The molecule has 0 aromatic heterocycles. The van der Waals surface area contributed by atoms with Crippen molar-refractivity contribution in [3.05, 3.63) is 65.7 Å². The summed E-state index contributed by atoms with van der Waals surface area (Å²) < 4.78 is 20.3. The van der Waals surface area contributed by atoms with E-state index < -0.39 is 11.1 Å². The van der Waals surface area contributed by atoms with E-state index in [1.54, 1.807) is 12.1 Å². The van der Waals surface area contributed by atoms with Crippen LogP contribution in [0.4, 0.5) is 0 Å². The summed E-state index contributed by atoms with van der Waals surface area (Å²) in [6.07, 6.45) is 0. The summed E-state index contributed by atoms with van der Waals surface area (Å²) in [4.78, 5) is 12.1. The van der Waals surface area contributed by atoms with Crippen LogP contribution in [0.5, 0.6) is 0 Å². The normalized spacial score (nSPS) is 11.8. The minimum atomic E-state index is -2.17. The van der Waals surface area contributed by atoms with Gasteiger partial charge < -0.3 is 9.87 Å². The van der Waals surface area contributed by atoms with E-state index in [0.717, 1.165) is 5.56 Å². The van der Waals surface area contributed by atoms with Crippen LogP contribution < -0.4 is 5.32 Å². The van der Waals surface area contributed by atoms with E-state index in [1.165, 1.54) is 12.1 Å². The Kier molecular flexibility index (Phi) is 4.43. The zero-order valence-electron chi connectivity index (χ0n) is 10.1. The first kappa shape index (κ1) is 13.5. The van der Waals surface area contributed by atoms with Crippen LogP contribution in [0.3, 0.4) is 0 Å². The fourth-order valence-electron chi connectivity index (χ4n) is 1.68. The number of hydrogen-bond donors (Lipinski definition) is 2. The quantitative estimate of drug-likeness (QED) is 0.841. The fraction of sp³-hybridized carbons (Fsp3) is 0.0714. The van der Waals surface area contributed by atoms with Crippen molar-refractivity contribution in [3.63, 3.8) is 0 Å². The Balaban J connectivity index is 2.10. The van der Waals surface area contributed by atoms with E-state index in [9.17, 15) is 9.00 Å². The lowest BCUT2D eigenvalue weighted by molar-refractivity contribution is 0.0947. The average molecular weight is 275 g/mol. The molecule has 4 nitrogen and oxygen atoms in total. The molecular weight excluding hydrogens is 262 g/mol. The Morgan fingerprint density at radius 3 is 2.37 bits per heavy atom. The number of benzene rings is 2. The van der Waals surface area contributed by atoms with E-state index in [2.05, 4.69) is 5.32 Å². The molecule has 0 fully saturated rings. The van der Waals surface area contributed by atoms with Crippen LogP contribution in [0, 0.1) is 0 Å². The highest BCUT2D eigenvalue weighted by Crippen LogP contribution is 2.12. The van der Waals surface area contributed by atoms with E-state index in [-0.39, 0.29) is 16.4 Å². The summed E-state index contributed by atoms with van der Waals surface area (Å²) in [6.45, 7) is 0.381. The van der Waals surface area contributed by atoms with Crippen LogP contribution >= 0.6 is 0 Å². The van der Waals surface area contributed by atoms with Crippen molar-refractivity contribution >= 4 is 17.0 Å². The second-order valence-electron chi connectivity index (χ2n) is 3.91. The molecule has 1 amide bonds. The summed E-state index contributed by atoms with van der Waals surface area (Å²) in [5.74, 6) is -0.359. The standard InChI is InChI=1S/C14H13NO3S/c16-14(15-10-11-6-2-1-3-7-11)12-8-4-5-9-13(12)19(17)18/h1-9H,10H2,(H,15,16)(H,17,18). The second-order valence-corrected chi connectivity index (χ2v) is 4.85. The van der Waals surface area contributed by atoms with Gasteiger partial charge in [0.25, 0.3) is 5.91 Å². The van der Waals surface area contributed by atoms with Crippen molar-refractivity contribution in [2.24, 2.45) is 0 Å². The van der Waals surface area contributed by atoms with Gasteiger partial charge in [-0.05, 0) is 17.7 Å². The van der Waals surface area contributed by atoms with Crippen LogP contribution in [0.1, 0.15) is 15.9 Å². The molecule has 98 valence electrons. The summed E-state index contributed by atoms with van der Waals surface area (Å²) in [6, 6.07) is 15.8. The minimum absolute atomic E-state index is 0.119. The number of amides is 1. The van der Waals surface area contributed by atoms with Gasteiger partial charge in [-0.15, -0.1) is 0 Å². The van der Waals surface area contributed by atoms with Gasteiger partial charge in [0.2, 0.25) is 0 Å². The van der Waals surface area contributed by atoms with Crippen LogP contribution in [-0.2, 0) is 17.6 Å². The van der Waals surface area contributed by atoms with Crippen molar-refractivity contribution < 1.29 is 13.6 Å². The van der Waals surface area contributed by atoms with Gasteiger partial charge in [-0.2, -0.15) is 0 Å². The SMILES string of the molecule is O=C(NCc1ccccc1)c1ccccc1S(=O)O. The monoisotopic (exact) mass is 275 g/mol. The molecule has 2 aromatic rings. The van der Waals surface area contributed by atoms with Gasteiger partial charge in [0.1, 0.15) is 0 Å². The highest BCUT2D eigenvalue weighted by Gasteiger charge is 2.13. The molecule has 0 heterocycles. The summed E-state index contributed by atoms with van der Waals surface area (Å²) in [7, 11) is 0. The van der Waals surface area contributed by atoms with Gasteiger partial charge >= 0.3 is 0 Å². The van der Waals surface area contributed by atoms with Crippen LogP contribution in [0.2, 0.25) is 0 Å². The summed E-state index contributed by atoms with van der Waals surface area (Å²) >= 11 is -2.17. The summed E-state index contributed by atoms with van der Waals surface area (Å²) in [5, 5.41) is 2.73. The Bertz CT molecular complexity index is 599. The third kappa shape index (κ3) is 3.49. The molecule has 0 bridgehead atoms. The first-order chi connectivity index (χ1) is 9.18. The second kappa shape index (κ2) is 6.26. The topological polar surface area (TPSA) is 66.4 Å². The molecule has 2 N–H and O–H groups in total. The average Bonchev–Trinajstić information content (AvgIpc) is 2.46. The molecule has 19 heavy (non-hydrogen) atoms. The first-order valence-corrected chi connectivity index (χ1v) is 6.81.